The Hall–Kier alpha value is -3.08. The van der Waals surface area contributed by atoms with Gasteiger partial charge in [0.05, 0.1) is 5.52 Å². The van der Waals surface area contributed by atoms with Gasteiger partial charge in [0, 0.05) is 30.1 Å². The van der Waals surface area contributed by atoms with E-state index in [0.717, 1.165) is 16.5 Å². The van der Waals surface area contributed by atoms with Crippen molar-refractivity contribution in [2.75, 3.05) is 0 Å². The van der Waals surface area contributed by atoms with Gasteiger partial charge in [-0.2, -0.15) is 0 Å². The lowest BCUT2D eigenvalue weighted by Gasteiger charge is -2.09. The van der Waals surface area contributed by atoms with Crippen LogP contribution in [0.4, 0.5) is 4.39 Å². The minimum Gasteiger partial charge on any atom is -0.454 e. The summed E-state index contributed by atoms with van der Waals surface area (Å²) in [5.41, 5.74) is 3.36. The van der Waals surface area contributed by atoms with Gasteiger partial charge in [-0.15, -0.1) is 0 Å². The standard InChI is InChI=1S/C20H17FN2O2/c1-2-23-16(20(24)22-12-13-7-3-5-9-15(13)21)11-18-19(23)14-8-4-6-10-17(14)25-18/h3-11H,2,12H2,1H3,(H,22,24). The molecule has 4 rings (SSSR count). The lowest BCUT2D eigenvalue weighted by atomic mass is 10.2. The third kappa shape index (κ3) is 2.58. The number of rotatable bonds is 4. The van der Waals surface area contributed by atoms with Crippen molar-refractivity contribution in [1.29, 1.82) is 0 Å². The molecule has 0 radical (unpaired) electrons. The van der Waals surface area contributed by atoms with Crippen LogP contribution in [-0.4, -0.2) is 10.5 Å². The van der Waals surface area contributed by atoms with Gasteiger partial charge in [-0.05, 0) is 25.1 Å². The van der Waals surface area contributed by atoms with Crippen LogP contribution in [0, 0.1) is 5.82 Å². The highest BCUT2D eigenvalue weighted by atomic mass is 19.1. The van der Waals surface area contributed by atoms with E-state index in [9.17, 15) is 9.18 Å². The number of nitrogens with one attached hydrogen (secondary N) is 1. The van der Waals surface area contributed by atoms with Crippen molar-refractivity contribution in [3.8, 4) is 0 Å². The minimum absolute atomic E-state index is 0.141. The number of nitrogens with zero attached hydrogens (tertiary/aromatic N) is 1. The van der Waals surface area contributed by atoms with Crippen LogP contribution in [0.15, 0.2) is 59.0 Å². The zero-order valence-corrected chi connectivity index (χ0v) is 13.8. The molecule has 0 spiro atoms. The third-order valence-corrected chi connectivity index (χ3v) is 4.37. The molecule has 4 aromatic rings. The molecular formula is C20H17FN2O2. The fourth-order valence-electron chi connectivity index (χ4n) is 3.17. The second-order valence-electron chi connectivity index (χ2n) is 5.86. The van der Waals surface area contributed by atoms with Gasteiger partial charge in [0.2, 0.25) is 0 Å². The van der Waals surface area contributed by atoms with Crippen molar-refractivity contribution in [3.63, 3.8) is 0 Å². The predicted molar refractivity (Wildman–Crippen MR) is 95.0 cm³/mol. The maximum absolute atomic E-state index is 13.7. The van der Waals surface area contributed by atoms with E-state index >= 15 is 0 Å². The smallest absolute Gasteiger partial charge is 0.268 e. The SMILES string of the molecule is CCn1c(C(=O)NCc2ccccc2F)cc2oc3ccccc3c21. The van der Waals surface area contributed by atoms with E-state index in [2.05, 4.69) is 5.32 Å². The number of hydrogen-bond acceptors (Lipinski definition) is 2. The minimum atomic E-state index is -0.326. The molecule has 0 atom stereocenters. The summed E-state index contributed by atoms with van der Waals surface area (Å²) < 4.78 is 21.5. The molecule has 0 saturated carbocycles. The Morgan fingerprint density at radius 3 is 2.68 bits per heavy atom. The summed E-state index contributed by atoms with van der Waals surface area (Å²) >= 11 is 0. The Bertz CT molecular complexity index is 1080. The fourth-order valence-corrected chi connectivity index (χ4v) is 3.17. The summed E-state index contributed by atoms with van der Waals surface area (Å²) in [7, 11) is 0. The van der Waals surface area contributed by atoms with Crippen LogP contribution in [-0.2, 0) is 13.1 Å². The van der Waals surface area contributed by atoms with E-state index < -0.39 is 0 Å². The molecule has 5 heteroatoms. The number of fused-ring (bicyclic) bond motifs is 3. The average molecular weight is 336 g/mol. The van der Waals surface area contributed by atoms with E-state index in [-0.39, 0.29) is 18.3 Å². The first-order chi connectivity index (χ1) is 12.2. The van der Waals surface area contributed by atoms with Crippen LogP contribution >= 0.6 is 0 Å². The van der Waals surface area contributed by atoms with Gasteiger partial charge in [-0.25, -0.2) is 4.39 Å². The number of aryl methyl sites for hydroxylation is 1. The molecule has 4 nitrogen and oxygen atoms in total. The average Bonchev–Trinajstić information content (AvgIpc) is 3.16. The van der Waals surface area contributed by atoms with Gasteiger partial charge in [0.1, 0.15) is 17.1 Å². The van der Waals surface area contributed by atoms with Crippen molar-refractivity contribution in [3.05, 3.63) is 71.7 Å². The number of benzene rings is 2. The molecule has 1 N–H and O–H groups in total. The Morgan fingerprint density at radius 1 is 1.12 bits per heavy atom. The highest BCUT2D eigenvalue weighted by Gasteiger charge is 2.19. The van der Waals surface area contributed by atoms with E-state index in [4.69, 9.17) is 4.42 Å². The molecule has 0 aliphatic heterocycles. The van der Waals surface area contributed by atoms with Gasteiger partial charge in [-0.3, -0.25) is 4.79 Å². The van der Waals surface area contributed by atoms with E-state index in [1.54, 1.807) is 24.3 Å². The second-order valence-corrected chi connectivity index (χ2v) is 5.86. The number of hydrogen-bond donors (Lipinski definition) is 1. The van der Waals surface area contributed by atoms with Crippen LogP contribution in [0.25, 0.3) is 22.1 Å². The Kier molecular flexibility index (Phi) is 3.76. The number of amides is 1. The maximum Gasteiger partial charge on any atom is 0.268 e. The monoisotopic (exact) mass is 336 g/mol. The molecule has 2 heterocycles. The molecule has 0 fully saturated rings. The predicted octanol–water partition coefficient (Wildman–Crippen LogP) is 4.48. The summed E-state index contributed by atoms with van der Waals surface area (Å²) in [6.07, 6.45) is 0. The number of carbonyl (C=O) groups is 1. The van der Waals surface area contributed by atoms with Crippen LogP contribution in [0.3, 0.4) is 0 Å². The summed E-state index contributed by atoms with van der Waals surface area (Å²) in [5, 5.41) is 3.77. The molecule has 0 aliphatic carbocycles. The molecule has 1 amide bonds. The van der Waals surface area contributed by atoms with Crippen LogP contribution in [0.2, 0.25) is 0 Å². The number of aromatic nitrogens is 1. The Balaban J connectivity index is 1.68. The van der Waals surface area contributed by atoms with Crippen LogP contribution < -0.4 is 5.32 Å². The lowest BCUT2D eigenvalue weighted by Crippen LogP contribution is -2.25. The molecular weight excluding hydrogens is 319 g/mol. The molecule has 2 aromatic heterocycles. The number of carbonyl (C=O) groups excluding carboxylic acids is 1. The molecule has 2 aromatic carbocycles. The van der Waals surface area contributed by atoms with E-state index in [1.165, 1.54) is 6.07 Å². The van der Waals surface area contributed by atoms with Gasteiger partial charge in [-0.1, -0.05) is 30.3 Å². The summed E-state index contributed by atoms with van der Waals surface area (Å²) in [6.45, 7) is 2.76. The van der Waals surface area contributed by atoms with E-state index in [0.29, 0.717) is 23.4 Å². The van der Waals surface area contributed by atoms with E-state index in [1.807, 2.05) is 35.8 Å². The Labute approximate surface area is 143 Å². The molecule has 126 valence electrons. The highest BCUT2D eigenvalue weighted by molar-refractivity contribution is 6.07. The largest absolute Gasteiger partial charge is 0.454 e. The maximum atomic E-state index is 13.7. The molecule has 0 unspecified atom stereocenters. The lowest BCUT2D eigenvalue weighted by molar-refractivity contribution is 0.0942. The summed E-state index contributed by atoms with van der Waals surface area (Å²) in [4.78, 5) is 12.6. The summed E-state index contributed by atoms with van der Waals surface area (Å²) in [6, 6.07) is 15.9. The van der Waals surface area contributed by atoms with Gasteiger partial charge in [0.15, 0.2) is 5.58 Å². The van der Waals surface area contributed by atoms with Gasteiger partial charge in [0.25, 0.3) is 5.91 Å². The zero-order chi connectivity index (χ0) is 17.4. The van der Waals surface area contributed by atoms with Crippen molar-refractivity contribution in [2.24, 2.45) is 0 Å². The quantitative estimate of drug-likeness (QED) is 0.597. The molecule has 0 aliphatic rings. The second kappa shape index (κ2) is 6.09. The van der Waals surface area contributed by atoms with Crippen molar-refractivity contribution in [2.45, 2.75) is 20.0 Å². The normalized spacial score (nSPS) is 11.3. The van der Waals surface area contributed by atoms with Gasteiger partial charge < -0.3 is 14.3 Å². The zero-order valence-electron chi connectivity index (χ0n) is 13.8. The van der Waals surface area contributed by atoms with Gasteiger partial charge >= 0.3 is 0 Å². The third-order valence-electron chi connectivity index (χ3n) is 4.37. The number of para-hydroxylation sites is 1. The van der Waals surface area contributed by atoms with Crippen molar-refractivity contribution >= 4 is 28.0 Å². The van der Waals surface area contributed by atoms with Crippen LogP contribution in [0.5, 0.6) is 0 Å². The molecule has 0 bridgehead atoms. The fraction of sp³-hybridized carbons (Fsp3) is 0.150. The molecule has 0 saturated heterocycles. The Morgan fingerprint density at radius 2 is 1.88 bits per heavy atom. The first-order valence-corrected chi connectivity index (χ1v) is 8.21. The topological polar surface area (TPSA) is 47.2 Å². The van der Waals surface area contributed by atoms with Crippen molar-refractivity contribution in [1.82, 2.24) is 9.88 Å². The summed E-state index contributed by atoms with van der Waals surface area (Å²) in [5.74, 6) is -0.575. The first kappa shape index (κ1) is 15.4. The molecule has 25 heavy (non-hydrogen) atoms. The number of furan rings is 1. The first-order valence-electron chi connectivity index (χ1n) is 8.21. The van der Waals surface area contributed by atoms with Crippen molar-refractivity contribution < 1.29 is 13.6 Å². The number of halogens is 1. The van der Waals surface area contributed by atoms with Crippen LogP contribution in [0.1, 0.15) is 23.0 Å². The highest BCUT2D eigenvalue weighted by Crippen LogP contribution is 2.31.